The zero-order valence-electron chi connectivity index (χ0n) is 43.5. The van der Waals surface area contributed by atoms with Gasteiger partial charge in [0.1, 0.15) is 24.4 Å². The summed E-state index contributed by atoms with van der Waals surface area (Å²) in [5, 5.41) is 56.7. The number of rotatable bonds is 46. The number of amides is 1. The summed E-state index contributed by atoms with van der Waals surface area (Å²) < 4.78 is 17.5. The Labute approximate surface area is 415 Å². The molecule has 0 saturated carbocycles. The van der Waals surface area contributed by atoms with E-state index in [9.17, 15) is 35.1 Å². The van der Waals surface area contributed by atoms with Crippen LogP contribution in [0.2, 0.25) is 0 Å². The molecule has 1 aliphatic rings. The highest BCUT2D eigenvalue weighted by Gasteiger charge is 2.47. The molecule has 0 spiro atoms. The Morgan fingerprint density at radius 1 is 0.588 bits per heavy atom. The Morgan fingerprint density at radius 2 is 1.06 bits per heavy atom. The number of aliphatic hydroxyl groups is 5. The number of esters is 1. The molecular weight excluding hydrogens is 859 g/mol. The first-order valence-corrected chi connectivity index (χ1v) is 27.9. The van der Waals surface area contributed by atoms with E-state index in [1.807, 2.05) is 18.2 Å². The number of carbonyl (C=O) groups excluding carboxylic acids is 2. The zero-order chi connectivity index (χ0) is 49.7. The van der Waals surface area contributed by atoms with Crippen LogP contribution in [0, 0.1) is 0 Å². The average molecular weight is 962 g/mol. The highest BCUT2D eigenvalue weighted by Crippen LogP contribution is 2.26. The van der Waals surface area contributed by atoms with Gasteiger partial charge in [0, 0.05) is 6.42 Å². The summed E-state index contributed by atoms with van der Waals surface area (Å²) in [4.78, 5) is 26.4. The molecule has 0 aromatic carbocycles. The maximum Gasteiger partial charge on any atom is 0.306 e. The van der Waals surface area contributed by atoms with Crippen molar-refractivity contribution in [3.63, 3.8) is 0 Å². The molecular formula is C57H103NO10. The minimum atomic E-state index is -1.61. The Morgan fingerprint density at radius 3 is 1.57 bits per heavy atom. The second-order valence-electron chi connectivity index (χ2n) is 19.4. The molecule has 1 fully saturated rings. The van der Waals surface area contributed by atoms with Crippen LogP contribution in [0.15, 0.2) is 48.6 Å². The summed E-state index contributed by atoms with van der Waals surface area (Å²) in [6, 6.07) is -1.03. The van der Waals surface area contributed by atoms with Crippen molar-refractivity contribution in [1.82, 2.24) is 5.32 Å². The minimum Gasteiger partial charge on any atom is -0.454 e. The maximum atomic E-state index is 13.3. The predicted octanol–water partition coefficient (Wildman–Crippen LogP) is 12.1. The van der Waals surface area contributed by atoms with Crippen molar-refractivity contribution < 1.29 is 49.3 Å². The van der Waals surface area contributed by atoms with Crippen molar-refractivity contribution in [3.8, 4) is 0 Å². The fourth-order valence-electron chi connectivity index (χ4n) is 8.59. The van der Waals surface area contributed by atoms with E-state index in [0.717, 1.165) is 83.5 Å². The van der Waals surface area contributed by atoms with Gasteiger partial charge in [-0.15, -0.1) is 0 Å². The number of aliphatic hydroxyl groups excluding tert-OH is 5. The van der Waals surface area contributed by atoms with E-state index >= 15 is 0 Å². The lowest BCUT2D eigenvalue weighted by molar-refractivity contribution is -0.305. The second kappa shape index (κ2) is 45.7. The van der Waals surface area contributed by atoms with Crippen LogP contribution in [0.5, 0.6) is 0 Å². The Kier molecular flexibility index (Phi) is 42.8. The smallest absolute Gasteiger partial charge is 0.306 e. The van der Waals surface area contributed by atoms with Crippen molar-refractivity contribution in [2.75, 3.05) is 13.2 Å². The molecule has 0 aromatic rings. The molecule has 0 aliphatic carbocycles. The van der Waals surface area contributed by atoms with Crippen LogP contribution >= 0.6 is 0 Å². The lowest BCUT2D eigenvalue weighted by Gasteiger charge is -2.41. The zero-order valence-corrected chi connectivity index (χ0v) is 43.5. The van der Waals surface area contributed by atoms with Crippen LogP contribution in [0.3, 0.4) is 0 Å². The predicted molar refractivity (Wildman–Crippen MR) is 278 cm³/mol. The summed E-state index contributed by atoms with van der Waals surface area (Å²) in [5.41, 5.74) is 0. The van der Waals surface area contributed by atoms with Crippen LogP contribution in [0.25, 0.3) is 0 Å². The van der Waals surface area contributed by atoms with Gasteiger partial charge < -0.3 is 45.1 Å². The number of ether oxygens (including phenoxy) is 3. The van der Waals surface area contributed by atoms with E-state index in [1.54, 1.807) is 6.08 Å². The van der Waals surface area contributed by atoms with Crippen LogP contribution in [0.1, 0.15) is 239 Å². The molecule has 6 N–H and O–H groups in total. The maximum absolute atomic E-state index is 13.3. The van der Waals surface area contributed by atoms with Crippen LogP contribution in [-0.2, 0) is 23.8 Å². The summed E-state index contributed by atoms with van der Waals surface area (Å²) in [6.45, 7) is 5.63. The molecule has 11 heteroatoms. The van der Waals surface area contributed by atoms with Gasteiger partial charge in [0.25, 0.3) is 0 Å². The standard InChI is InChI=1S/C57H103NO10/c1-4-7-10-13-16-19-22-25-27-29-32-35-38-41-44-50(61)56(65)58-48(49(60)43-40-37-34-31-28-24-21-18-15-12-9-6-3)47-66-57-55(54(64)53(63)51(46-59)67-57)68-52(62)45-42-39-36-33-30-26-23-20-17-14-11-8-5-2/h7,10,13,16,19,22,40,43,48-51,53-55,57,59-61,63-64H,4-6,8-9,11-12,14-15,17-18,20-21,23-39,41-42,44-47H2,1-3H3,(H,58,65)/b10-7+,16-13+,22-19+,43-40+. The molecule has 0 radical (unpaired) electrons. The van der Waals surface area contributed by atoms with Crippen LogP contribution in [-0.4, -0.2) is 99.6 Å². The van der Waals surface area contributed by atoms with Crippen molar-refractivity contribution in [3.05, 3.63) is 48.6 Å². The number of hydrogen-bond donors (Lipinski definition) is 6. The third-order valence-corrected chi connectivity index (χ3v) is 13.1. The molecule has 0 aromatic heterocycles. The average Bonchev–Trinajstić information content (AvgIpc) is 3.33. The van der Waals surface area contributed by atoms with E-state index < -0.39 is 67.4 Å². The van der Waals surface area contributed by atoms with E-state index in [4.69, 9.17) is 14.2 Å². The highest BCUT2D eigenvalue weighted by atomic mass is 16.7. The molecule has 396 valence electrons. The summed E-state index contributed by atoms with van der Waals surface area (Å²) >= 11 is 0. The Hall–Kier alpha value is -2.38. The topological polar surface area (TPSA) is 175 Å². The number of hydrogen-bond acceptors (Lipinski definition) is 10. The molecule has 1 rings (SSSR count). The largest absolute Gasteiger partial charge is 0.454 e. The molecule has 1 aliphatic heterocycles. The molecule has 11 nitrogen and oxygen atoms in total. The lowest BCUT2D eigenvalue weighted by Crippen LogP contribution is -2.61. The summed E-state index contributed by atoms with van der Waals surface area (Å²) in [5.74, 6) is -1.20. The van der Waals surface area contributed by atoms with Gasteiger partial charge in [-0.25, -0.2) is 0 Å². The number of carbonyl (C=O) groups is 2. The quantitative estimate of drug-likeness (QED) is 0.0149. The lowest BCUT2D eigenvalue weighted by atomic mass is 9.99. The van der Waals surface area contributed by atoms with Gasteiger partial charge in [0.15, 0.2) is 12.4 Å². The molecule has 8 atom stereocenters. The van der Waals surface area contributed by atoms with Crippen molar-refractivity contribution >= 4 is 11.9 Å². The van der Waals surface area contributed by atoms with Gasteiger partial charge in [0.2, 0.25) is 5.91 Å². The van der Waals surface area contributed by atoms with E-state index in [0.29, 0.717) is 12.8 Å². The normalized spacial score (nSPS) is 20.3. The fraction of sp³-hybridized carbons (Fsp3) is 0.825. The molecule has 8 unspecified atom stereocenters. The Bertz CT molecular complexity index is 1290. The van der Waals surface area contributed by atoms with Gasteiger partial charge in [-0.05, 0) is 44.9 Å². The van der Waals surface area contributed by atoms with Gasteiger partial charge in [0.05, 0.1) is 25.4 Å². The summed E-state index contributed by atoms with van der Waals surface area (Å²) in [6.07, 6.45) is 43.0. The van der Waals surface area contributed by atoms with Gasteiger partial charge in [-0.3, -0.25) is 9.59 Å². The highest BCUT2D eigenvalue weighted by molar-refractivity contribution is 5.80. The van der Waals surface area contributed by atoms with Gasteiger partial charge in [-0.1, -0.05) is 236 Å². The van der Waals surface area contributed by atoms with Gasteiger partial charge >= 0.3 is 5.97 Å². The molecule has 0 bridgehead atoms. The molecule has 1 saturated heterocycles. The fourth-order valence-corrected chi connectivity index (χ4v) is 8.59. The van der Waals surface area contributed by atoms with Gasteiger partial charge in [-0.2, -0.15) is 0 Å². The van der Waals surface area contributed by atoms with E-state index in [-0.39, 0.29) is 19.4 Å². The van der Waals surface area contributed by atoms with Crippen LogP contribution < -0.4 is 5.32 Å². The first-order valence-electron chi connectivity index (χ1n) is 27.9. The SMILES string of the molecule is CC/C=C/C=C/C=C/CCCCCCCCC(O)C(=O)NC(COC1OC(CO)C(O)C(O)C1OC(=O)CCCCCCCCCCCCCCC)C(O)/C=C/CCCCCCCCCCCC. The van der Waals surface area contributed by atoms with Crippen molar-refractivity contribution in [2.24, 2.45) is 0 Å². The molecule has 1 heterocycles. The monoisotopic (exact) mass is 962 g/mol. The number of unbranched alkanes of at least 4 members (excludes halogenated alkanes) is 28. The number of nitrogens with one attached hydrogen (secondary N) is 1. The van der Waals surface area contributed by atoms with Crippen LogP contribution in [0.4, 0.5) is 0 Å². The second-order valence-corrected chi connectivity index (χ2v) is 19.4. The minimum absolute atomic E-state index is 0.125. The molecule has 1 amide bonds. The van der Waals surface area contributed by atoms with E-state index in [2.05, 4.69) is 50.4 Å². The van der Waals surface area contributed by atoms with E-state index in [1.165, 1.54) is 109 Å². The first kappa shape index (κ1) is 63.6. The van der Waals surface area contributed by atoms with Crippen molar-refractivity contribution in [2.45, 2.75) is 288 Å². The third kappa shape index (κ3) is 34.0. The Balaban J connectivity index is 2.76. The number of allylic oxidation sites excluding steroid dienone is 7. The van der Waals surface area contributed by atoms with Crippen molar-refractivity contribution in [1.29, 1.82) is 0 Å². The first-order chi connectivity index (χ1) is 33.2. The molecule has 68 heavy (non-hydrogen) atoms. The summed E-state index contributed by atoms with van der Waals surface area (Å²) in [7, 11) is 0. The third-order valence-electron chi connectivity index (χ3n) is 13.1.